The zero-order valence-electron chi connectivity index (χ0n) is 18.2. The Labute approximate surface area is 187 Å². The highest BCUT2D eigenvalue weighted by Gasteiger charge is 2.67. The molecule has 2 amide bonds. The minimum absolute atomic E-state index is 0.0833. The third-order valence-corrected chi connectivity index (χ3v) is 7.76. The van der Waals surface area contributed by atoms with Gasteiger partial charge in [0.25, 0.3) is 0 Å². The summed E-state index contributed by atoms with van der Waals surface area (Å²) in [6.45, 7) is 4.65. The number of anilines is 1. The lowest BCUT2D eigenvalue weighted by atomic mass is 9.46. The number of ether oxygens (including phenoxy) is 1. The Morgan fingerprint density at radius 3 is 1.97 bits per heavy atom. The Morgan fingerprint density at radius 2 is 1.41 bits per heavy atom. The molecule has 2 atom stereocenters. The quantitative estimate of drug-likeness (QED) is 0.552. The zero-order chi connectivity index (χ0) is 22.0. The summed E-state index contributed by atoms with van der Waals surface area (Å²) in [6.07, 6.45) is 0.769. The number of hydrogen-bond acceptors (Lipinski definition) is 3. The van der Waals surface area contributed by atoms with Gasteiger partial charge >= 0.3 is 0 Å². The average molecular weight is 424 g/mol. The molecule has 1 aliphatic heterocycles. The Hall–Kier alpha value is -3.40. The Bertz CT molecular complexity index is 1200. The number of nitrogens with zero attached hydrogens (tertiary/aromatic N) is 1. The highest BCUT2D eigenvalue weighted by molar-refractivity contribution is 6.23. The lowest BCUT2D eigenvalue weighted by molar-refractivity contribution is -0.123. The number of benzene rings is 3. The van der Waals surface area contributed by atoms with Gasteiger partial charge in [0.15, 0.2) is 0 Å². The third-order valence-electron chi connectivity index (χ3n) is 7.76. The Kier molecular flexibility index (Phi) is 4.10. The van der Waals surface area contributed by atoms with Gasteiger partial charge in [-0.3, -0.25) is 9.59 Å². The van der Waals surface area contributed by atoms with E-state index in [1.807, 2.05) is 43.3 Å². The summed E-state index contributed by atoms with van der Waals surface area (Å²) >= 11 is 0. The number of hydrogen-bond donors (Lipinski definition) is 0. The van der Waals surface area contributed by atoms with Gasteiger partial charge in [0.05, 0.1) is 24.1 Å². The number of carbonyl (C=O) groups excluding carboxylic acids is 2. The van der Waals surface area contributed by atoms with E-state index >= 15 is 0 Å². The van der Waals surface area contributed by atoms with Gasteiger partial charge in [-0.05, 0) is 59.9 Å². The summed E-state index contributed by atoms with van der Waals surface area (Å²) < 4.78 is 5.55. The van der Waals surface area contributed by atoms with Crippen LogP contribution >= 0.6 is 0 Å². The zero-order valence-corrected chi connectivity index (χ0v) is 18.2. The second-order valence-corrected chi connectivity index (χ2v) is 8.92. The van der Waals surface area contributed by atoms with Crippen molar-refractivity contribution in [2.45, 2.75) is 31.6 Å². The van der Waals surface area contributed by atoms with Gasteiger partial charge < -0.3 is 4.74 Å². The summed E-state index contributed by atoms with van der Waals surface area (Å²) in [4.78, 5) is 29.3. The monoisotopic (exact) mass is 423 g/mol. The molecule has 32 heavy (non-hydrogen) atoms. The topological polar surface area (TPSA) is 46.6 Å². The second kappa shape index (κ2) is 6.80. The van der Waals surface area contributed by atoms with E-state index in [2.05, 4.69) is 43.3 Å². The first-order valence-electron chi connectivity index (χ1n) is 11.4. The van der Waals surface area contributed by atoms with E-state index in [9.17, 15) is 9.59 Å². The molecule has 3 aromatic carbocycles. The van der Waals surface area contributed by atoms with Crippen molar-refractivity contribution >= 4 is 17.5 Å². The van der Waals surface area contributed by atoms with Gasteiger partial charge in [-0.2, -0.15) is 0 Å². The molecule has 0 unspecified atom stereocenters. The maximum atomic E-state index is 14.0. The molecule has 1 heterocycles. The van der Waals surface area contributed by atoms with Crippen LogP contribution in [0, 0.1) is 11.8 Å². The molecule has 4 nitrogen and oxygen atoms in total. The number of amides is 2. The highest BCUT2D eigenvalue weighted by Crippen LogP contribution is 2.65. The van der Waals surface area contributed by atoms with E-state index in [4.69, 9.17) is 4.74 Å². The molecule has 0 N–H and O–H groups in total. The molecule has 3 aromatic rings. The summed E-state index contributed by atoms with van der Waals surface area (Å²) in [7, 11) is 0. The molecule has 160 valence electrons. The molecule has 2 bridgehead atoms. The predicted octanol–water partition coefficient (Wildman–Crippen LogP) is 5.05. The van der Waals surface area contributed by atoms with E-state index in [1.165, 1.54) is 27.2 Å². The number of carbonyl (C=O) groups is 2. The summed E-state index contributed by atoms with van der Waals surface area (Å²) in [6, 6.07) is 24.1. The lowest BCUT2D eigenvalue weighted by Crippen LogP contribution is -2.53. The van der Waals surface area contributed by atoms with Crippen molar-refractivity contribution in [1.82, 2.24) is 0 Å². The molecular formula is C28H25NO3. The van der Waals surface area contributed by atoms with E-state index in [-0.39, 0.29) is 29.6 Å². The van der Waals surface area contributed by atoms with Crippen LogP contribution in [0.3, 0.4) is 0 Å². The third kappa shape index (κ3) is 2.22. The van der Waals surface area contributed by atoms with Crippen LogP contribution in [0.4, 0.5) is 5.69 Å². The number of rotatable bonds is 4. The molecule has 0 aromatic heterocycles. The normalized spacial score (nSPS) is 27.2. The molecule has 0 spiro atoms. The Balaban J connectivity index is 1.55. The molecule has 7 rings (SSSR count). The maximum Gasteiger partial charge on any atom is 0.238 e. The average Bonchev–Trinajstić information content (AvgIpc) is 3.11. The fraction of sp³-hybridized carbons (Fsp3) is 0.286. The smallest absolute Gasteiger partial charge is 0.238 e. The summed E-state index contributed by atoms with van der Waals surface area (Å²) in [5, 5.41) is 0. The van der Waals surface area contributed by atoms with Gasteiger partial charge in [0.2, 0.25) is 11.8 Å². The summed E-state index contributed by atoms with van der Waals surface area (Å²) in [5.41, 5.74) is 4.95. The first kappa shape index (κ1) is 19.3. The SMILES string of the molecule is CCOc1ccc(N2C(=O)[C@@H]3C4c5ccccc5C(CC)(c5ccccc54)[C@@H]3C2=O)cc1. The van der Waals surface area contributed by atoms with Crippen LogP contribution in [0.1, 0.15) is 48.4 Å². The van der Waals surface area contributed by atoms with Crippen LogP contribution in [-0.2, 0) is 15.0 Å². The van der Waals surface area contributed by atoms with Crippen molar-refractivity contribution in [1.29, 1.82) is 0 Å². The molecule has 3 aliphatic carbocycles. The van der Waals surface area contributed by atoms with Crippen molar-refractivity contribution in [3.8, 4) is 5.75 Å². The van der Waals surface area contributed by atoms with Crippen LogP contribution in [0.2, 0.25) is 0 Å². The van der Waals surface area contributed by atoms with Crippen molar-refractivity contribution < 1.29 is 14.3 Å². The fourth-order valence-electron chi connectivity index (χ4n) is 6.64. The Morgan fingerprint density at radius 1 is 0.812 bits per heavy atom. The van der Waals surface area contributed by atoms with Gasteiger partial charge in [-0.1, -0.05) is 55.5 Å². The molecule has 0 radical (unpaired) electrons. The van der Waals surface area contributed by atoms with Crippen molar-refractivity contribution in [3.05, 3.63) is 95.1 Å². The molecular weight excluding hydrogens is 398 g/mol. The predicted molar refractivity (Wildman–Crippen MR) is 123 cm³/mol. The van der Waals surface area contributed by atoms with Crippen LogP contribution in [0.5, 0.6) is 5.75 Å². The molecule has 0 saturated carbocycles. The first-order valence-corrected chi connectivity index (χ1v) is 11.4. The van der Waals surface area contributed by atoms with Gasteiger partial charge in [0, 0.05) is 11.3 Å². The standard InChI is InChI=1S/C28H25NO3/c1-3-28-21-11-7-5-9-19(21)23(20-10-6-8-12-22(20)28)24-25(28)27(31)29(26(24)30)17-13-15-18(16-14-17)32-4-2/h5-16,23-25H,3-4H2,1-2H3/t23?,24-,25+,28?/m1/s1. The minimum Gasteiger partial charge on any atom is -0.494 e. The van der Waals surface area contributed by atoms with E-state index in [0.29, 0.717) is 12.3 Å². The highest BCUT2D eigenvalue weighted by atomic mass is 16.5. The van der Waals surface area contributed by atoms with Crippen molar-refractivity contribution in [2.75, 3.05) is 11.5 Å². The van der Waals surface area contributed by atoms with Gasteiger partial charge in [0.1, 0.15) is 5.75 Å². The van der Waals surface area contributed by atoms with Crippen molar-refractivity contribution in [2.24, 2.45) is 11.8 Å². The largest absolute Gasteiger partial charge is 0.494 e. The lowest BCUT2D eigenvalue weighted by Gasteiger charge is -2.54. The van der Waals surface area contributed by atoms with E-state index < -0.39 is 5.41 Å². The molecule has 4 heteroatoms. The molecule has 1 saturated heterocycles. The van der Waals surface area contributed by atoms with E-state index in [0.717, 1.165) is 12.2 Å². The van der Waals surface area contributed by atoms with Crippen molar-refractivity contribution in [3.63, 3.8) is 0 Å². The minimum atomic E-state index is -0.487. The van der Waals surface area contributed by atoms with Gasteiger partial charge in [-0.15, -0.1) is 0 Å². The van der Waals surface area contributed by atoms with Crippen LogP contribution in [0.15, 0.2) is 72.8 Å². The fourth-order valence-corrected chi connectivity index (χ4v) is 6.64. The van der Waals surface area contributed by atoms with Crippen LogP contribution in [0.25, 0.3) is 0 Å². The maximum absolute atomic E-state index is 14.0. The summed E-state index contributed by atoms with van der Waals surface area (Å²) in [5.74, 6) is -0.293. The first-order chi connectivity index (χ1) is 15.6. The van der Waals surface area contributed by atoms with E-state index in [1.54, 1.807) is 0 Å². The molecule has 1 fully saturated rings. The van der Waals surface area contributed by atoms with Crippen LogP contribution in [-0.4, -0.2) is 18.4 Å². The van der Waals surface area contributed by atoms with Gasteiger partial charge in [-0.25, -0.2) is 4.90 Å². The second-order valence-electron chi connectivity index (χ2n) is 8.92. The van der Waals surface area contributed by atoms with Crippen LogP contribution < -0.4 is 9.64 Å². The molecule has 4 aliphatic rings. The number of imide groups is 1.